The van der Waals surface area contributed by atoms with Crippen molar-refractivity contribution in [2.24, 2.45) is 0 Å². The second kappa shape index (κ2) is 3.36. The van der Waals surface area contributed by atoms with Crippen molar-refractivity contribution in [3.8, 4) is 0 Å². The molecule has 0 aliphatic carbocycles. The normalized spacial score (nSPS) is 9.55. The number of hydrogen-bond donors (Lipinski definition) is 1. The summed E-state index contributed by atoms with van der Waals surface area (Å²) in [5, 5.41) is 10.3. The summed E-state index contributed by atoms with van der Waals surface area (Å²) in [4.78, 5) is 9.99. The number of benzene rings is 1. The predicted molar refractivity (Wildman–Crippen MR) is 41.6 cm³/mol. The van der Waals surface area contributed by atoms with Crippen molar-refractivity contribution in [3.05, 3.63) is 34.4 Å². The Morgan fingerprint density at radius 2 is 2.09 bits per heavy atom. The first-order chi connectivity index (χ1) is 5.25. The van der Waals surface area contributed by atoms with Crippen molar-refractivity contribution in [3.63, 3.8) is 0 Å². The van der Waals surface area contributed by atoms with Crippen LogP contribution in [0.15, 0.2) is 29.2 Å². The summed E-state index contributed by atoms with van der Waals surface area (Å²) in [5.74, 6) is 0. The van der Waals surface area contributed by atoms with E-state index in [-0.39, 0.29) is 10.6 Å². The van der Waals surface area contributed by atoms with Gasteiger partial charge in [-0.3, -0.25) is 10.1 Å². The van der Waals surface area contributed by atoms with Crippen molar-refractivity contribution < 1.29 is 9.48 Å². The molecule has 0 fully saturated rings. The Morgan fingerprint density at radius 3 is 2.55 bits per heavy atom. The lowest BCUT2D eigenvalue weighted by molar-refractivity contribution is -0.387. The van der Waals surface area contributed by atoms with E-state index < -0.39 is 4.92 Å². The molecule has 0 spiro atoms. The molecule has 0 heterocycles. The van der Waals surface area contributed by atoms with Crippen molar-refractivity contribution in [1.82, 2.24) is 0 Å². The zero-order valence-electron chi connectivity index (χ0n) is 5.43. The molecule has 0 radical (unpaired) electrons. The van der Waals surface area contributed by atoms with Crippen molar-refractivity contribution in [2.75, 3.05) is 0 Å². The number of nitrogens with zero attached hydrogens (tertiary/aromatic N) is 1. The molecule has 1 N–H and O–H groups in total. The predicted octanol–water partition coefficient (Wildman–Crippen LogP) is 2.16. The average molecular weight is 171 g/mol. The van der Waals surface area contributed by atoms with E-state index in [2.05, 4.69) is 0 Å². The van der Waals surface area contributed by atoms with Crippen LogP contribution in [0.2, 0.25) is 0 Å². The Hall–Kier alpha value is -1.07. The fraction of sp³-hybridized carbons (Fsp3) is 0. The summed E-state index contributed by atoms with van der Waals surface area (Å²) in [5.41, 5.74) is -0.0694. The van der Waals surface area contributed by atoms with Crippen LogP contribution in [0, 0.1) is 10.1 Å². The first-order valence-electron chi connectivity index (χ1n) is 2.80. The van der Waals surface area contributed by atoms with Crippen LogP contribution in [-0.4, -0.2) is 9.48 Å². The van der Waals surface area contributed by atoms with Gasteiger partial charge >= 0.3 is 0 Å². The first-order valence-corrected chi connectivity index (χ1v) is 3.58. The van der Waals surface area contributed by atoms with Gasteiger partial charge in [-0.2, -0.15) is 0 Å². The summed E-state index contributed by atoms with van der Waals surface area (Å²) in [6, 6.07) is 6.02. The van der Waals surface area contributed by atoms with Crippen LogP contribution in [0.4, 0.5) is 5.69 Å². The van der Waals surface area contributed by atoms with E-state index in [1.165, 1.54) is 12.1 Å². The number of nitro benzene ring substituents is 1. The molecule has 58 valence electrons. The monoisotopic (exact) mass is 171 g/mol. The first kappa shape index (κ1) is 8.03. The SMILES string of the molecule is O=[N+]([O-])c1ccccc1SO. The van der Waals surface area contributed by atoms with Gasteiger partial charge in [-0.15, -0.1) is 0 Å². The summed E-state index contributed by atoms with van der Waals surface area (Å²) >= 11 is 0.382. The molecular formula is C6H5NO3S. The lowest BCUT2D eigenvalue weighted by Gasteiger charge is -1.94. The molecule has 5 heteroatoms. The van der Waals surface area contributed by atoms with Gasteiger partial charge in [0, 0.05) is 18.1 Å². The van der Waals surface area contributed by atoms with E-state index in [0.29, 0.717) is 12.0 Å². The second-order valence-electron chi connectivity index (χ2n) is 1.82. The zero-order chi connectivity index (χ0) is 8.27. The van der Waals surface area contributed by atoms with Crippen molar-refractivity contribution >= 4 is 17.7 Å². The van der Waals surface area contributed by atoms with Crippen molar-refractivity contribution in [2.45, 2.75) is 4.90 Å². The Kier molecular flexibility index (Phi) is 2.45. The summed E-state index contributed by atoms with van der Waals surface area (Å²) < 4.78 is 8.58. The van der Waals surface area contributed by atoms with Crippen LogP contribution in [0.1, 0.15) is 0 Å². The number of para-hydroxylation sites is 1. The van der Waals surface area contributed by atoms with E-state index in [1.807, 2.05) is 0 Å². The highest BCUT2D eigenvalue weighted by molar-refractivity contribution is 7.93. The molecule has 0 unspecified atom stereocenters. The molecular weight excluding hydrogens is 166 g/mol. The van der Waals surface area contributed by atoms with Gasteiger partial charge in [0.15, 0.2) is 0 Å². The molecule has 0 bridgehead atoms. The lowest BCUT2D eigenvalue weighted by atomic mass is 10.3. The molecule has 0 atom stereocenters. The minimum absolute atomic E-state index is 0.0694. The van der Waals surface area contributed by atoms with Gasteiger partial charge < -0.3 is 4.55 Å². The highest BCUT2D eigenvalue weighted by atomic mass is 32.2. The van der Waals surface area contributed by atoms with E-state index in [4.69, 9.17) is 4.55 Å². The molecule has 1 aromatic carbocycles. The molecule has 0 saturated carbocycles. The zero-order valence-corrected chi connectivity index (χ0v) is 6.25. The van der Waals surface area contributed by atoms with E-state index in [1.54, 1.807) is 12.1 Å². The van der Waals surface area contributed by atoms with Crippen LogP contribution in [-0.2, 0) is 0 Å². The topological polar surface area (TPSA) is 63.4 Å². The van der Waals surface area contributed by atoms with E-state index in [9.17, 15) is 10.1 Å². The van der Waals surface area contributed by atoms with Crippen LogP contribution < -0.4 is 0 Å². The number of rotatable bonds is 2. The maximum atomic E-state index is 10.3. The molecule has 1 aromatic rings. The van der Waals surface area contributed by atoms with Crippen LogP contribution in [0.25, 0.3) is 0 Å². The quantitative estimate of drug-likeness (QED) is 0.420. The lowest BCUT2D eigenvalue weighted by Crippen LogP contribution is -1.89. The molecule has 1 rings (SSSR count). The third-order valence-electron chi connectivity index (χ3n) is 1.16. The standard InChI is InChI=1S/C6H5NO3S/c8-7(9)5-3-1-2-4-6(5)11-10/h1-4,10H. The third kappa shape index (κ3) is 1.69. The average Bonchev–Trinajstić information content (AvgIpc) is 2.04. The molecule has 0 saturated heterocycles. The molecule has 0 aliphatic rings. The summed E-state index contributed by atoms with van der Waals surface area (Å²) in [7, 11) is 0. The molecule has 4 nitrogen and oxygen atoms in total. The van der Waals surface area contributed by atoms with E-state index in [0.717, 1.165) is 0 Å². The van der Waals surface area contributed by atoms with Gasteiger partial charge in [0.1, 0.15) is 4.90 Å². The highest BCUT2D eigenvalue weighted by Gasteiger charge is 2.11. The molecule has 0 amide bonds. The minimum atomic E-state index is -0.529. The number of nitro groups is 1. The van der Waals surface area contributed by atoms with Gasteiger partial charge in [0.05, 0.1) is 4.92 Å². The summed E-state index contributed by atoms with van der Waals surface area (Å²) in [6.07, 6.45) is 0. The Morgan fingerprint density at radius 1 is 1.45 bits per heavy atom. The number of hydrogen-bond acceptors (Lipinski definition) is 4. The van der Waals surface area contributed by atoms with Gasteiger partial charge in [-0.25, -0.2) is 0 Å². The van der Waals surface area contributed by atoms with Crippen molar-refractivity contribution in [1.29, 1.82) is 0 Å². The Labute approximate surface area is 67.2 Å². The van der Waals surface area contributed by atoms with Gasteiger partial charge in [0.2, 0.25) is 0 Å². The maximum absolute atomic E-state index is 10.3. The maximum Gasteiger partial charge on any atom is 0.285 e. The van der Waals surface area contributed by atoms with Crippen LogP contribution in [0.3, 0.4) is 0 Å². The minimum Gasteiger partial charge on any atom is -0.325 e. The van der Waals surface area contributed by atoms with Gasteiger partial charge in [-0.1, -0.05) is 12.1 Å². The van der Waals surface area contributed by atoms with E-state index >= 15 is 0 Å². The van der Waals surface area contributed by atoms with Crippen LogP contribution >= 0.6 is 12.0 Å². The largest absolute Gasteiger partial charge is 0.325 e. The smallest absolute Gasteiger partial charge is 0.285 e. The Balaban J connectivity index is 3.12. The third-order valence-corrected chi connectivity index (χ3v) is 1.70. The van der Waals surface area contributed by atoms with Gasteiger partial charge in [-0.05, 0) is 6.07 Å². The van der Waals surface area contributed by atoms with Gasteiger partial charge in [0.25, 0.3) is 5.69 Å². The molecule has 0 aliphatic heterocycles. The fourth-order valence-electron chi connectivity index (χ4n) is 0.685. The second-order valence-corrected chi connectivity index (χ2v) is 2.44. The highest BCUT2D eigenvalue weighted by Crippen LogP contribution is 2.25. The summed E-state index contributed by atoms with van der Waals surface area (Å²) in [6.45, 7) is 0. The fourth-order valence-corrected chi connectivity index (χ4v) is 1.06. The Bertz CT molecular complexity index is 276. The molecule has 11 heavy (non-hydrogen) atoms. The molecule has 0 aromatic heterocycles. The van der Waals surface area contributed by atoms with Crippen LogP contribution in [0.5, 0.6) is 0 Å².